The summed E-state index contributed by atoms with van der Waals surface area (Å²) in [5.41, 5.74) is 0.851. The first-order valence-electron chi connectivity index (χ1n) is 5.83. The number of hydrogen-bond acceptors (Lipinski definition) is 5. The van der Waals surface area contributed by atoms with E-state index < -0.39 is 10.8 Å². The van der Waals surface area contributed by atoms with Gasteiger partial charge in [0.15, 0.2) is 5.69 Å². The van der Waals surface area contributed by atoms with Crippen LogP contribution < -0.4 is 5.32 Å². The smallest absolute Gasteiger partial charge is 0.358 e. The van der Waals surface area contributed by atoms with Crippen molar-refractivity contribution in [3.8, 4) is 0 Å². The Morgan fingerprint density at radius 2 is 2.05 bits per heavy atom. The summed E-state index contributed by atoms with van der Waals surface area (Å²) in [5, 5.41) is 12.9. The Balaban J connectivity index is 3.04. The van der Waals surface area contributed by atoms with Crippen LogP contribution in [0.4, 0.5) is 5.82 Å². The number of nitrogens with zero attached hydrogens (tertiary/aromatic N) is 2. The third kappa shape index (κ3) is 3.57. The average molecular weight is 265 g/mol. The molecule has 0 fully saturated rings. The zero-order chi connectivity index (χ0) is 14.6. The minimum absolute atomic E-state index is 0.204. The van der Waals surface area contributed by atoms with E-state index in [1.807, 2.05) is 6.92 Å². The molecule has 0 aliphatic heterocycles. The van der Waals surface area contributed by atoms with E-state index in [0.29, 0.717) is 12.0 Å². The fourth-order valence-corrected chi connectivity index (χ4v) is 1.73. The Kier molecular flexibility index (Phi) is 4.68. The van der Waals surface area contributed by atoms with Crippen LogP contribution in [0.2, 0.25) is 0 Å². The first kappa shape index (κ1) is 14.7. The van der Waals surface area contributed by atoms with Gasteiger partial charge in [0.05, 0.1) is 5.56 Å². The number of rotatable bonds is 4. The maximum atomic E-state index is 11.9. The summed E-state index contributed by atoms with van der Waals surface area (Å²) in [4.78, 5) is 37.0. The van der Waals surface area contributed by atoms with Crippen LogP contribution in [0, 0.1) is 24.0 Å². The summed E-state index contributed by atoms with van der Waals surface area (Å²) < 4.78 is 0. The maximum absolute atomic E-state index is 11.9. The van der Waals surface area contributed by atoms with E-state index in [4.69, 9.17) is 0 Å². The first-order valence-corrected chi connectivity index (χ1v) is 5.83. The van der Waals surface area contributed by atoms with Crippen LogP contribution >= 0.6 is 0 Å². The highest BCUT2D eigenvalue weighted by Gasteiger charge is 2.21. The van der Waals surface area contributed by atoms with Gasteiger partial charge in [-0.2, -0.15) is 0 Å². The molecule has 7 nitrogen and oxygen atoms in total. The van der Waals surface area contributed by atoms with Gasteiger partial charge < -0.3 is 10.1 Å². The van der Waals surface area contributed by atoms with Crippen molar-refractivity contribution < 1.29 is 14.5 Å². The van der Waals surface area contributed by atoms with Crippen molar-refractivity contribution in [2.24, 2.45) is 0 Å². The van der Waals surface area contributed by atoms with Crippen molar-refractivity contribution in [3.63, 3.8) is 0 Å². The standard InChI is InChI=1S/C12H15N3O4/c1-4-5-10(16)14-12(17)11-7(2)6-9(15(18)19)13-8(11)3/h6H,4-5H2,1-3H3,(H,14,16,17). The Bertz CT molecular complexity index is 517. The van der Waals surface area contributed by atoms with E-state index in [-0.39, 0.29) is 29.4 Å². The van der Waals surface area contributed by atoms with Crippen LogP contribution in [0.1, 0.15) is 41.4 Å². The van der Waals surface area contributed by atoms with Gasteiger partial charge in [0.25, 0.3) is 5.91 Å². The zero-order valence-corrected chi connectivity index (χ0v) is 11.0. The molecule has 0 saturated carbocycles. The summed E-state index contributed by atoms with van der Waals surface area (Å²) in [5.74, 6) is -1.26. The van der Waals surface area contributed by atoms with Gasteiger partial charge in [-0.25, -0.2) is 0 Å². The summed E-state index contributed by atoms with van der Waals surface area (Å²) in [6.07, 6.45) is 0.889. The van der Waals surface area contributed by atoms with Gasteiger partial charge in [-0.1, -0.05) is 6.92 Å². The number of pyridine rings is 1. The maximum Gasteiger partial charge on any atom is 0.363 e. The molecule has 0 bridgehead atoms. The molecule has 1 rings (SSSR count). The third-order valence-corrected chi connectivity index (χ3v) is 2.53. The predicted octanol–water partition coefficient (Wildman–Crippen LogP) is 1.66. The number of amides is 2. The minimum Gasteiger partial charge on any atom is -0.358 e. The zero-order valence-electron chi connectivity index (χ0n) is 11.0. The molecular weight excluding hydrogens is 250 g/mol. The molecule has 0 atom stereocenters. The van der Waals surface area contributed by atoms with Gasteiger partial charge in [-0.05, 0) is 28.8 Å². The first-order chi connectivity index (χ1) is 8.86. The van der Waals surface area contributed by atoms with Gasteiger partial charge >= 0.3 is 5.82 Å². The van der Waals surface area contributed by atoms with Gasteiger partial charge in [0.1, 0.15) is 0 Å². The lowest BCUT2D eigenvalue weighted by Crippen LogP contribution is -2.31. The number of hydrogen-bond donors (Lipinski definition) is 1. The number of carbonyl (C=O) groups is 2. The van der Waals surface area contributed by atoms with Crippen LogP contribution in [0.5, 0.6) is 0 Å². The highest BCUT2D eigenvalue weighted by atomic mass is 16.6. The summed E-state index contributed by atoms with van der Waals surface area (Å²) in [6.45, 7) is 4.90. The van der Waals surface area contributed by atoms with Gasteiger partial charge in [0.2, 0.25) is 5.91 Å². The number of aromatic nitrogens is 1. The van der Waals surface area contributed by atoms with E-state index in [1.165, 1.54) is 13.0 Å². The summed E-state index contributed by atoms with van der Waals surface area (Å²) in [6, 6.07) is 1.21. The largest absolute Gasteiger partial charge is 0.363 e. The lowest BCUT2D eigenvalue weighted by Gasteiger charge is -2.07. The highest BCUT2D eigenvalue weighted by Crippen LogP contribution is 2.17. The second kappa shape index (κ2) is 6.03. The molecule has 0 spiro atoms. The van der Waals surface area contributed by atoms with E-state index >= 15 is 0 Å². The number of carbonyl (C=O) groups excluding carboxylic acids is 2. The van der Waals surface area contributed by atoms with Crippen molar-refractivity contribution in [1.82, 2.24) is 10.3 Å². The van der Waals surface area contributed by atoms with Crippen LogP contribution in [-0.4, -0.2) is 21.7 Å². The van der Waals surface area contributed by atoms with Crippen molar-refractivity contribution in [3.05, 3.63) is 33.0 Å². The molecule has 1 aromatic heterocycles. The molecule has 2 amide bonds. The van der Waals surface area contributed by atoms with E-state index in [2.05, 4.69) is 10.3 Å². The molecule has 0 unspecified atom stereocenters. The van der Waals surface area contributed by atoms with Crippen molar-refractivity contribution in [1.29, 1.82) is 0 Å². The Morgan fingerprint density at radius 3 is 2.53 bits per heavy atom. The average Bonchev–Trinajstić information content (AvgIpc) is 2.27. The molecule has 102 valence electrons. The number of nitrogens with one attached hydrogen (secondary N) is 1. The topological polar surface area (TPSA) is 102 Å². The molecule has 1 aromatic rings. The van der Waals surface area contributed by atoms with Crippen molar-refractivity contribution in [2.45, 2.75) is 33.6 Å². The molecule has 19 heavy (non-hydrogen) atoms. The van der Waals surface area contributed by atoms with Crippen molar-refractivity contribution >= 4 is 17.6 Å². The van der Waals surface area contributed by atoms with Gasteiger partial charge in [-0.15, -0.1) is 0 Å². The Labute approximate surface area is 110 Å². The normalized spacial score (nSPS) is 10.1. The van der Waals surface area contributed by atoms with E-state index in [1.54, 1.807) is 6.92 Å². The molecular formula is C12H15N3O4. The number of imide groups is 1. The van der Waals surface area contributed by atoms with Crippen LogP contribution in [-0.2, 0) is 4.79 Å². The molecule has 0 aromatic carbocycles. The van der Waals surface area contributed by atoms with Crippen LogP contribution in [0.3, 0.4) is 0 Å². The third-order valence-electron chi connectivity index (χ3n) is 2.53. The molecule has 1 N–H and O–H groups in total. The van der Waals surface area contributed by atoms with Gasteiger partial charge in [-0.3, -0.25) is 14.9 Å². The fourth-order valence-electron chi connectivity index (χ4n) is 1.73. The quantitative estimate of drug-likeness (QED) is 0.658. The molecule has 0 aliphatic rings. The van der Waals surface area contributed by atoms with Gasteiger partial charge in [0, 0.05) is 19.4 Å². The van der Waals surface area contributed by atoms with E-state index in [9.17, 15) is 19.7 Å². The summed E-state index contributed by atoms with van der Waals surface area (Å²) >= 11 is 0. The minimum atomic E-state index is -0.621. The lowest BCUT2D eigenvalue weighted by atomic mass is 10.1. The number of nitro groups is 1. The predicted molar refractivity (Wildman–Crippen MR) is 67.7 cm³/mol. The van der Waals surface area contributed by atoms with Crippen molar-refractivity contribution in [2.75, 3.05) is 0 Å². The van der Waals surface area contributed by atoms with E-state index in [0.717, 1.165) is 0 Å². The van der Waals surface area contributed by atoms with Crippen LogP contribution in [0.25, 0.3) is 0 Å². The molecule has 0 saturated heterocycles. The lowest BCUT2D eigenvalue weighted by molar-refractivity contribution is -0.389. The molecule has 0 aliphatic carbocycles. The Morgan fingerprint density at radius 1 is 1.42 bits per heavy atom. The molecule has 1 heterocycles. The fraction of sp³-hybridized carbons (Fsp3) is 0.417. The summed E-state index contributed by atoms with van der Waals surface area (Å²) in [7, 11) is 0. The number of aryl methyl sites for hydroxylation is 2. The second-order valence-electron chi connectivity index (χ2n) is 4.14. The SMILES string of the molecule is CCCC(=O)NC(=O)c1c(C)cc([N+](=O)[O-])nc1C. The Hall–Kier alpha value is -2.31. The molecule has 0 radical (unpaired) electrons. The highest BCUT2D eigenvalue weighted by molar-refractivity contribution is 6.06. The van der Waals surface area contributed by atoms with Crippen LogP contribution in [0.15, 0.2) is 6.07 Å². The second-order valence-corrected chi connectivity index (χ2v) is 4.14. The molecule has 7 heteroatoms. The monoisotopic (exact) mass is 265 g/mol.